The molecular formula is C18H23N5O. The highest BCUT2D eigenvalue weighted by atomic mass is 16.2. The van der Waals surface area contributed by atoms with Crippen LogP contribution in [0.25, 0.3) is 11.1 Å². The van der Waals surface area contributed by atoms with E-state index in [4.69, 9.17) is 0 Å². The highest BCUT2D eigenvalue weighted by Crippen LogP contribution is 2.21. The molecule has 2 aromatic rings. The van der Waals surface area contributed by atoms with E-state index in [2.05, 4.69) is 20.6 Å². The zero-order valence-electron chi connectivity index (χ0n) is 14.1. The van der Waals surface area contributed by atoms with Gasteiger partial charge in [-0.2, -0.15) is 0 Å². The lowest BCUT2D eigenvalue weighted by Gasteiger charge is -2.22. The maximum Gasteiger partial charge on any atom is 0.241 e. The first-order valence-corrected chi connectivity index (χ1v) is 8.27. The summed E-state index contributed by atoms with van der Waals surface area (Å²) in [5.41, 5.74) is 2.78. The van der Waals surface area contributed by atoms with E-state index in [-0.39, 0.29) is 11.9 Å². The number of hydrogen-bond acceptors (Lipinski definition) is 5. The van der Waals surface area contributed by atoms with Crippen molar-refractivity contribution in [3.63, 3.8) is 0 Å². The number of aromatic nitrogens is 2. The largest absolute Gasteiger partial charge is 0.347 e. The van der Waals surface area contributed by atoms with Crippen LogP contribution in [0.3, 0.4) is 0 Å². The second kappa shape index (κ2) is 7.40. The van der Waals surface area contributed by atoms with Crippen molar-refractivity contribution in [2.75, 3.05) is 30.9 Å². The second-order valence-electron chi connectivity index (χ2n) is 6.24. The number of nitrogens with zero attached hydrogens (tertiary/aromatic N) is 3. The molecule has 1 aromatic heterocycles. The van der Waals surface area contributed by atoms with Gasteiger partial charge in [0, 0.05) is 37.7 Å². The van der Waals surface area contributed by atoms with Crippen LogP contribution >= 0.6 is 0 Å². The Labute approximate surface area is 142 Å². The van der Waals surface area contributed by atoms with E-state index in [0.29, 0.717) is 5.95 Å². The molecule has 0 unspecified atom stereocenters. The average Bonchev–Trinajstić information content (AvgIpc) is 2.63. The van der Waals surface area contributed by atoms with Gasteiger partial charge in [-0.05, 0) is 37.1 Å². The minimum Gasteiger partial charge on any atom is -0.347 e. The monoisotopic (exact) mass is 325 g/mol. The molecule has 1 amide bonds. The van der Waals surface area contributed by atoms with E-state index in [1.54, 1.807) is 0 Å². The molecule has 2 heterocycles. The van der Waals surface area contributed by atoms with Crippen LogP contribution in [-0.4, -0.2) is 42.6 Å². The van der Waals surface area contributed by atoms with Crippen molar-refractivity contribution in [1.82, 2.24) is 15.3 Å². The summed E-state index contributed by atoms with van der Waals surface area (Å²) in [7, 11) is 3.82. The Morgan fingerprint density at radius 2 is 1.83 bits per heavy atom. The highest BCUT2D eigenvalue weighted by Gasteiger charge is 2.20. The minimum absolute atomic E-state index is 0.0427. The van der Waals surface area contributed by atoms with E-state index in [0.717, 1.165) is 42.6 Å². The van der Waals surface area contributed by atoms with E-state index >= 15 is 0 Å². The SMILES string of the molecule is CN(C)c1ncc(-c2ccc(NC(=O)[C@@H]3CCCCN3)cc2)cn1. The van der Waals surface area contributed by atoms with Crippen molar-refractivity contribution in [1.29, 1.82) is 0 Å². The number of piperidine rings is 1. The van der Waals surface area contributed by atoms with Crippen molar-refractivity contribution in [2.24, 2.45) is 0 Å². The molecule has 0 bridgehead atoms. The predicted octanol–water partition coefficient (Wildman–Crippen LogP) is 2.29. The van der Waals surface area contributed by atoms with Gasteiger partial charge in [0.25, 0.3) is 0 Å². The van der Waals surface area contributed by atoms with Crippen LogP contribution in [0.15, 0.2) is 36.7 Å². The fourth-order valence-electron chi connectivity index (χ4n) is 2.75. The standard InChI is InChI=1S/C18H23N5O/c1-23(2)18-20-11-14(12-21-18)13-6-8-15(9-7-13)22-17(24)16-5-3-4-10-19-16/h6-9,11-12,16,19H,3-5,10H2,1-2H3,(H,22,24)/t16-/m0/s1. The van der Waals surface area contributed by atoms with Crippen molar-refractivity contribution < 1.29 is 4.79 Å². The molecule has 3 rings (SSSR count). The smallest absolute Gasteiger partial charge is 0.241 e. The van der Waals surface area contributed by atoms with Crippen LogP contribution in [0.4, 0.5) is 11.6 Å². The van der Waals surface area contributed by atoms with Gasteiger partial charge in [-0.3, -0.25) is 4.79 Å². The molecule has 24 heavy (non-hydrogen) atoms. The maximum absolute atomic E-state index is 12.2. The van der Waals surface area contributed by atoms with Crippen LogP contribution < -0.4 is 15.5 Å². The van der Waals surface area contributed by atoms with Gasteiger partial charge in [0.1, 0.15) is 0 Å². The number of carbonyl (C=O) groups is 1. The molecule has 0 aliphatic carbocycles. The number of benzene rings is 1. The normalized spacial score (nSPS) is 17.3. The van der Waals surface area contributed by atoms with Crippen LogP contribution in [0.1, 0.15) is 19.3 Å². The van der Waals surface area contributed by atoms with Gasteiger partial charge in [0.2, 0.25) is 11.9 Å². The quantitative estimate of drug-likeness (QED) is 0.902. The molecule has 1 aliphatic rings. The zero-order chi connectivity index (χ0) is 16.9. The van der Waals surface area contributed by atoms with Gasteiger partial charge in [0.05, 0.1) is 6.04 Å². The van der Waals surface area contributed by atoms with Gasteiger partial charge in [-0.25, -0.2) is 9.97 Å². The predicted molar refractivity (Wildman–Crippen MR) is 96.1 cm³/mol. The maximum atomic E-state index is 12.2. The fourth-order valence-corrected chi connectivity index (χ4v) is 2.75. The number of rotatable bonds is 4. The molecular weight excluding hydrogens is 302 g/mol. The Bertz CT molecular complexity index is 676. The van der Waals surface area contributed by atoms with Crippen molar-refractivity contribution in [2.45, 2.75) is 25.3 Å². The third-order valence-corrected chi connectivity index (χ3v) is 4.15. The molecule has 1 saturated heterocycles. The highest BCUT2D eigenvalue weighted by molar-refractivity contribution is 5.95. The number of nitrogens with one attached hydrogen (secondary N) is 2. The van der Waals surface area contributed by atoms with Crippen molar-refractivity contribution >= 4 is 17.5 Å². The van der Waals surface area contributed by atoms with Gasteiger partial charge in [-0.1, -0.05) is 18.6 Å². The molecule has 0 radical (unpaired) electrons. The lowest BCUT2D eigenvalue weighted by molar-refractivity contribution is -0.118. The summed E-state index contributed by atoms with van der Waals surface area (Å²) < 4.78 is 0. The van der Waals surface area contributed by atoms with Crippen LogP contribution in [-0.2, 0) is 4.79 Å². The number of anilines is 2. The fraction of sp³-hybridized carbons (Fsp3) is 0.389. The molecule has 0 spiro atoms. The van der Waals surface area contributed by atoms with E-state index in [1.165, 1.54) is 0 Å². The number of amides is 1. The Hall–Kier alpha value is -2.47. The van der Waals surface area contributed by atoms with Gasteiger partial charge < -0.3 is 15.5 Å². The van der Waals surface area contributed by atoms with Gasteiger partial charge >= 0.3 is 0 Å². The first-order chi connectivity index (χ1) is 11.6. The minimum atomic E-state index is -0.0783. The molecule has 6 heteroatoms. The molecule has 1 fully saturated rings. The number of hydrogen-bond donors (Lipinski definition) is 2. The summed E-state index contributed by atoms with van der Waals surface area (Å²) in [6.07, 6.45) is 6.77. The molecule has 2 N–H and O–H groups in total. The third-order valence-electron chi connectivity index (χ3n) is 4.15. The van der Waals surface area contributed by atoms with E-state index in [1.807, 2.05) is 55.7 Å². The molecule has 6 nitrogen and oxygen atoms in total. The Balaban J connectivity index is 1.65. The second-order valence-corrected chi connectivity index (χ2v) is 6.24. The first kappa shape index (κ1) is 16.4. The summed E-state index contributed by atoms with van der Waals surface area (Å²) in [5, 5.41) is 6.23. The summed E-state index contributed by atoms with van der Waals surface area (Å²) >= 11 is 0. The zero-order valence-corrected chi connectivity index (χ0v) is 14.1. The Morgan fingerprint density at radius 1 is 1.12 bits per heavy atom. The lowest BCUT2D eigenvalue weighted by Crippen LogP contribution is -2.43. The molecule has 0 saturated carbocycles. The third kappa shape index (κ3) is 3.89. The average molecular weight is 325 g/mol. The molecule has 1 atom stereocenters. The van der Waals surface area contributed by atoms with Crippen molar-refractivity contribution in [3.8, 4) is 11.1 Å². The summed E-state index contributed by atoms with van der Waals surface area (Å²) in [5.74, 6) is 0.726. The van der Waals surface area contributed by atoms with Crippen LogP contribution in [0, 0.1) is 0 Å². The Kier molecular flexibility index (Phi) is 5.05. The topological polar surface area (TPSA) is 70.2 Å². The van der Waals surface area contributed by atoms with Crippen LogP contribution in [0.2, 0.25) is 0 Å². The lowest BCUT2D eigenvalue weighted by atomic mass is 10.0. The van der Waals surface area contributed by atoms with Gasteiger partial charge in [-0.15, -0.1) is 0 Å². The summed E-state index contributed by atoms with van der Waals surface area (Å²) in [6.45, 7) is 0.917. The van der Waals surface area contributed by atoms with Gasteiger partial charge in [0.15, 0.2) is 0 Å². The number of carbonyl (C=O) groups excluding carboxylic acids is 1. The molecule has 1 aliphatic heterocycles. The summed E-state index contributed by atoms with van der Waals surface area (Å²) in [6, 6.07) is 7.69. The van der Waals surface area contributed by atoms with Crippen LogP contribution in [0.5, 0.6) is 0 Å². The molecule has 1 aromatic carbocycles. The van der Waals surface area contributed by atoms with E-state index < -0.39 is 0 Å². The van der Waals surface area contributed by atoms with Crippen molar-refractivity contribution in [3.05, 3.63) is 36.7 Å². The Morgan fingerprint density at radius 3 is 2.42 bits per heavy atom. The summed E-state index contributed by atoms with van der Waals surface area (Å²) in [4.78, 5) is 22.7. The first-order valence-electron chi connectivity index (χ1n) is 8.27. The molecule has 126 valence electrons. The van der Waals surface area contributed by atoms with E-state index in [9.17, 15) is 4.79 Å².